The number of nitrogens with one attached hydrogen (secondary N) is 1. The summed E-state index contributed by atoms with van der Waals surface area (Å²) in [6.45, 7) is 2.23. The first-order chi connectivity index (χ1) is 8.44. The van der Waals surface area contributed by atoms with Crippen LogP contribution in [0.15, 0.2) is 18.2 Å². The zero-order valence-corrected chi connectivity index (χ0v) is 10.2. The second-order valence-electron chi connectivity index (χ2n) is 4.85. The molecule has 4 N–H and O–H groups in total. The Bertz CT molecular complexity index is 507. The molecule has 0 atom stereocenters. The number of carboxylic acid groups (broad SMARTS) is 1. The molecule has 96 valence electrons. The third kappa shape index (κ3) is 2.30. The quantitative estimate of drug-likeness (QED) is 0.733. The Hall–Kier alpha value is -2.04. The van der Waals surface area contributed by atoms with Crippen LogP contribution in [0.5, 0.6) is 0 Å². The Labute approximate surface area is 105 Å². The van der Waals surface area contributed by atoms with Crippen LogP contribution in [0.4, 0.5) is 5.69 Å². The fourth-order valence-corrected chi connectivity index (χ4v) is 1.90. The van der Waals surface area contributed by atoms with Gasteiger partial charge in [0.2, 0.25) is 0 Å². The average molecular weight is 248 g/mol. The zero-order valence-electron chi connectivity index (χ0n) is 10.2. The molecule has 1 aromatic carbocycles. The summed E-state index contributed by atoms with van der Waals surface area (Å²) in [5.74, 6) is -1.30. The van der Waals surface area contributed by atoms with Gasteiger partial charge >= 0.3 is 5.97 Å². The number of carbonyl (C=O) groups is 2. The van der Waals surface area contributed by atoms with Crippen LogP contribution in [0.1, 0.15) is 28.8 Å². The Morgan fingerprint density at radius 3 is 2.61 bits per heavy atom. The molecule has 5 heteroatoms. The summed E-state index contributed by atoms with van der Waals surface area (Å²) in [5.41, 5.74) is 6.60. The Morgan fingerprint density at radius 1 is 1.44 bits per heavy atom. The van der Waals surface area contributed by atoms with Gasteiger partial charge in [-0.25, -0.2) is 0 Å². The van der Waals surface area contributed by atoms with Gasteiger partial charge in [-0.2, -0.15) is 0 Å². The normalized spacial score (nSPS) is 16.1. The minimum atomic E-state index is -0.789. The predicted octanol–water partition coefficient (Wildman–Crippen LogP) is 1.37. The second kappa shape index (κ2) is 4.33. The van der Waals surface area contributed by atoms with Crippen molar-refractivity contribution < 1.29 is 14.7 Å². The number of anilines is 1. The fourth-order valence-electron chi connectivity index (χ4n) is 1.90. The average Bonchev–Trinajstić information content (AvgIpc) is 3.07. The van der Waals surface area contributed by atoms with E-state index in [2.05, 4.69) is 5.32 Å². The molecule has 0 bridgehead atoms. The molecule has 1 saturated carbocycles. The zero-order chi connectivity index (χ0) is 13.3. The standard InChI is InChI=1S/C13H16N2O3/c1-8-2-3-9(11(14)16)10(6-8)15-7-13(4-5-13)12(17)18/h2-3,6,15H,4-5,7H2,1H3,(H2,14,16)(H,17,18). The molecule has 1 aliphatic carbocycles. The number of primary amides is 1. The molecule has 1 fully saturated rings. The molecule has 18 heavy (non-hydrogen) atoms. The van der Waals surface area contributed by atoms with Crippen molar-refractivity contribution in [1.29, 1.82) is 0 Å². The highest BCUT2D eigenvalue weighted by Crippen LogP contribution is 2.45. The Balaban J connectivity index is 2.16. The summed E-state index contributed by atoms with van der Waals surface area (Å²) in [4.78, 5) is 22.3. The predicted molar refractivity (Wildman–Crippen MR) is 67.5 cm³/mol. The number of carbonyl (C=O) groups excluding carboxylic acids is 1. The van der Waals surface area contributed by atoms with E-state index in [1.807, 2.05) is 6.92 Å². The highest BCUT2D eigenvalue weighted by Gasteiger charge is 2.50. The molecule has 0 heterocycles. The summed E-state index contributed by atoms with van der Waals surface area (Å²) >= 11 is 0. The second-order valence-corrected chi connectivity index (χ2v) is 4.85. The summed E-state index contributed by atoms with van der Waals surface area (Å²) in [5, 5.41) is 12.1. The SMILES string of the molecule is Cc1ccc(C(N)=O)c(NCC2(C(=O)O)CC2)c1. The first kappa shape index (κ1) is 12.4. The van der Waals surface area contributed by atoms with E-state index in [0.717, 1.165) is 5.56 Å². The van der Waals surface area contributed by atoms with Crippen molar-refractivity contribution in [3.8, 4) is 0 Å². The maximum absolute atomic E-state index is 11.3. The Kier molecular flexibility index (Phi) is 2.98. The molecular formula is C13H16N2O3. The highest BCUT2D eigenvalue weighted by molar-refractivity contribution is 5.98. The van der Waals surface area contributed by atoms with Crippen molar-refractivity contribution >= 4 is 17.6 Å². The summed E-state index contributed by atoms with van der Waals surface area (Å²) in [6.07, 6.45) is 1.35. The molecule has 0 aliphatic heterocycles. The van der Waals surface area contributed by atoms with Crippen molar-refractivity contribution in [3.05, 3.63) is 29.3 Å². The molecule has 0 unspecified atom stereocenters. The highest BCUT2D eigenvalue weighted by atomic mass is 16.4. The van der Waals surface area contributed by atoms with Crippen molar-refractivity contribution in [3.63, 3.8) is 0 Å². The number of hydrogen-bond acceptors (Lipinski definition) is 3. The topological polar surface area (TPSA) is 92.4 Å². The molecule has 0 saturated heterocycles. The number of benzene rings is 1. The van der Waals surface area contributed by atoms with Gasteiger partial charge in [0.05, 0.1) is 11.0 Å². The van der Waals surface area contributed by atoms with Gasteiger partial charge in [0.1, 0.15) is 0 Å². The summed E-state index contributed by atoms with van der Waals surface area (Å²) < 4.78 is 0. The van der Waals surface area contributed by atoms with Crippen molar-refractivity contribution in [2.45, 2.75) is 19.8 Å². The fraction of sp³-hybridized carbons (Fsp3) is 0.385. The molecule has 0 spiro atoms. The van der Waals surface area contributed by atoms with Gasteiger partial charge in [-0.05, 0) is 37.5 Å². The van der Waals surface area contributed by atoms with E-state index >= 15 is 0 Å². The smallest absolute Gasteiger partial charge is 0.311 e. The lowest BCUT2D eigenvalue weighted by Crippen LogP contribution is -2.25. The molecule has 0 radical (unpaired) electrons. The molecular weight excluding hydrogens is 232 g/mol. The van der Waals surface area contributed by atoms with Crippen LogP contribution in [-0.4, -0.2) is 23.5 Å². The van der Waals surface area contributed by atoms with Crippen molar-refractivity contribution in [1.82, 2.24) is 0 Å². The van der Waals surface area contributed by atoms with Gasteiger partial charge < -0.3 is 16.2 Å². The van der Waals surface area contributed by atoms with Crippen LogP contribution in [0, 0.1) is 12.3 Å². The molecule has 2 rings (SSSR count). The van der Waals surface area contributed by atoms with Crippen LogP contribution < -0.4 is 11.1 Å². The first-order valence-electron chi connectivity index (χ1n) is 5.82. The van der Waals surface area contributed by atoms with Crippen LogP contribution in [0.3, 0.4) is 0 Å². The number of aliphatic carboxylic acids is 1. The van der Waals surface area contributed by atoms with E-state index in [4.69, 9.17) is 10.8 Å². The summed E-state index contributed by atoms with van der Waals surface area (Å²) in [7, 11) is 0. The molecule has 1 amide bonds. The Morgan fingerprint density at radius 2 is 2.11 bits per heavy atom. The third-order valence-corrected chi connectivity index (χ3v) is 3.36. The van der Waals surface area contributed by atoms with Gasteiger partial charge in [-0.15, -0.1) is 0 Å². The minimum absolute atomic E-state index is 0.325. The minimum Gasteiger partial charge on any atom is -0.481 e. The van der Waals surface area contributed by atoms with Gasteiger partial charge in [0.15, 0.2) is 0 Å². The number of nitrogens with two attached hydrogens (primary N) is 1. The van der Waals surface area contributed by atoms with E-state index in [0.29, 0.717) is 30.6 Å². The lowest BCUT2D eigenvalue weighted by Gasteiger charge is -2.15. The van der Waals surface area contributed by atoms with E-state index in [1.54, 1.807) is 18.2 Å². The van der Waals surface area contributed by atoms with Crippen molar-refractivity contribution in [2.75, 3.05) is 11.9 Å². The largest absolute Gasteiger partial charge is 0.481 e. The molecule has 1 aliphatic rings. The third-order valence-electron chi connectivity index (χ3n) is 3.36. The number of rotatable bonds is 5. The van der Waals surface area contributed by atoms with E-state index in [1.165, 1.54) is 0 Å². The van der Waals surface area contributed by atoms with E-state index in [9.17, 15) is 9.59 Å². The van der Waals surface area contributed by atoms with Crippen LogP contribution in [-0.2, 0) is 4.79 Å². The van der Waals surface area contributed by atoms with Gasteiger partial charge in [0.25, 0.3) is 5.91 Å². The summed E-state index contributed by atoms with van der Waals surface area (Å²) in [6, 6.07) is 5.26. The number of amides is 1. The van der Waals surface area contributed by atoms with Crippen LogP contribution in [0.2, 0.25) is 0 Å². The van der Waals surface area contributed by atoms with Gasteiger partial charge in [-0.1, -0.05) is 6.07 Å². The van der Waals surface area contributed by atoms with Gasteiger partial charge in [0, 0.05) is 12.2 Å². The molecule has 0 aromatic heterocycles. The lowest BCUT2D eigenvalue weighted by molar-refractivity contribution is -0.142. The van der Waals surface area contributed by atoms with Crippen molar-refractivity contribution in [2.24, 2.45) is 11.1 Å². The molecule has 1 aromatic rings. The number of hydrogen-bond donors (Lipinski definition) is 3. The van der Waals surface area contributed by atoms with E-state index in [-0.39, 0.29) is 0 Å². The monoisotopic (exact) mass is 248 g/mol. The maximum atomic E-state index is 11.3. The van der Waals surface area contributed by atoms with Crippen LogP contribution in [0.25, 0.3) is 0 Å². The number of aryl methyl sites for hydroxylation is 1. The van der Waals surface area contributed by atoms with Gasteiger partial charge in [-0.3, -0.25) is 9.59 Å². The van der Waals surface area contributed by atoms with E-state index < -0.39 is 17.3 Å². The molecule has 5 nitrogen and oxygen atoms in total. The lowest BCUT2D eigenvalue weighted by atomic mass is 10.1. The van der Waals surface area contributed by atoms with Crippen LogP contribution >= 0.6 is 0 Å². The first-order valence-corrected chi connectivity index (χ1v) is 5.82. The maximum Gasteiger partial charge on any atom is 0.311 e. The number of carboxylic acids is 1.